The molecule has 0 unspecified atom stereocenters. The molecule has 0 N–H and O–H groups in total. The highest BCUT2D eigenvalue weighted by Gasteiger charge is 2.28. The van der Waals surface area contributed by atoms with Gasteiger partial charge in [0.15, 0.2) is 0 Å². The Hall–Kier alpha value is -1.96. The van der Waals surface area contributed by atoms with Crippen molar-refractivity contribution in [1.82, 2.24) is 24.7 Å². The van der Waals surface area contributed by atoms with E-state index in [1.807, 2.05) is 12.1 Å². The molecule has 1 aliphatic heterocycles. The molecule has 0 radical (unpaired) electrons. The molecular weight excluding hydrogens is 346 g/mol. The molecule has 1 atom stereocenters. The summed E-state index contributed by atoms with van der Waals surface area (Å²) < 4.78 is 2.65. The quantitative estimate of drug-likeness (QED) is 0.717. The number of likely N-dealkylation sites (tertiary alicyclic amines) is 1. The second-order valence-corrected chi connectivity index (χ2v) is 7.14. The zero-order chi connectivity index (χ0) is 16.5. The fourth-order valence-corrected chi connectivity index (χ4v) is 4.22. The van der Waals surface area contributed by atoms with Gasteiger partial charge in [-0.15, -0.1) is 11.3 Å². The fraction of sp³-hybridized carbons (Fsp3) is 0.312. The van der Waals surface area contributed by atoms with Crippen molar-refractivity contribution in [2.24, 2.45) is 0 Å². The molecule has 1 aliphatic rings. The molecule has 1 saturated heterocycles. The van der Waals surface area contributed by atoms with Crippen LogP contribution in [0.15, 0.2) is 46.6 Å². The minimum Gasteiger partial charge on any atom is -0.276 e. The number of hydrogen-bond donors (Lipinski definition) is 0. The van der Waals surface area contributed by atoms with Crippen molar-refractivity contribution < 1.29 is 0 Å². The maximum Gasteiger partial charge on any atom is 0.369 e. The Labute approximate surface area is 147 Å². The van der Waals surface area contributed by atoms with E-state index in [1.165, 1.54) is 14.2 Å². The molecule has 0 spiro atoms. The van der Waals surface area contributed by atoms with Crippen LogP contribution >= 0.6 is 22.9 Å². The first-order chi connectivity index (χ1) is 11.7. The Balaban J connectivity index is 1.60. The van der Waals surface area contributed by atoms with Gasteiger partial charge in [0, 0.05) is 17.5 Å². The first-order valence-corrected chi connectivity index (χ1v) is 9.05. The number of rotatable bonds is 4. The van der Waals surface area contributed by atoms with Crippen LogP contribution in [-0.2, 0) is 6.67 Å². The summed E-state index contributed by atoms with van der Waals surface area (Å²) in [6.07, 6.45) is 2.23. The topological polar surface area (TPSA) is 56.0 Å². The molecule has 124 valence electrons. The first kappa shape index (κ1) is 15.6. The van der Waals surface area contributed by atoms with Gasteiger partial charge >= 0.3 is 5.69 Å². The van der Waals surface area contributed by atoms with Gasteiger partial charge in [0.05, 0.1) is 10.7 Å². The molecule has 2 aromatic heterocycles. The average molecular weight is 362 g/mol. The number of tetrazole rings is 1. The van der Waals surface area contributed by atoms with Crippen molar-refractivity contribution in [3.8, 4) is 5.69 Å². The molecule has 0 saturated carbocycles. The van der Waals surface area contributed by atoms with Crippen LogP contribution in [-0.4, -0.2) is 31.2 Å². The van der Waals surface area contributed by atoms with E-state index in [4.69, 9.17) is 11.6 Å². The van der Waals surface area contributed by atoms with Crippen molar-refractivity contribution in [3.05, 3.63) is 62.2 Å². The third-order valence-corrected chi connectivity index (χ3v) is 5.56. The summed E-state index contributed by atoms with van der Waals surface area (Å²) in [5, 5.41) is 10.6. The van der Waals surface area contributed by atoms with Crippen LogP contribution in [0.2, 0.25) is 5.02 Å². The van der Waals surface area contributed by atoms with E-state index < -0.39 is 0 Å². The number of aromatic nitrogens is 4. The van der Waals surface area contributed by atoms with Crippen molar-refractivity contribution in [1.29, 1.82) is 0 Å². The number of nitrogens with zero attached hydrogens (tertiary/aromatic N) is 5. The molecule has 0 amide bonds. The number of benzene rings is 1. The highest BCUT2D eigenvalue weighted by Crippen LogP contribution is 2.34. The lowest BCUT2D eigenvalue weighted by molar-refractivity contribution is 0.189. The molecule has 3 heterocycles. The smallest absolute Gasteiger partial charge is 0.276 e. The van der Waals surface area contributed by atoms with Gasteiger partial charge in [0.1, 0.15) is 6.67 Å². The average Bonchev–Trinajstić information content (AvgIpc) is 3.31. The highest BCUT2D eigenvalue weighted by atomic mass is 35.5. The van der Waals surface area contributed by atoms with E-state index in [0.29, 0.717) is 23.4 Å². The van der Waals surface area contributed by atoms with E-state index in [1.54, 1.807) is 23.5 Å². The van der Waals surface area contributed by atoms with Crippen molar-refractivity contribution in [3.63, 3.8) is 0 Å². The zero-order valence-corrected chi connectivity index (χ0v) is 14.5. The SMILES string of the molecule is O=c1n(CN2CCC[C@@H]2c2cccs2)nnn1-c1ccccc1Cl. The summed E-state index contributed by atoms with van der Waals surface area (Å²) in [7, 11) is 0. The summed E-state index contributed by atoms with van der Waals surface area (Å²) in [5.74, 6) is 0. The second-order valence-electron chi connectivity index (χ2n) is 5.75. The Kier molecular flexibility index (Phi) is 4.22. The van der Waals surface area contributed by atoms with E-state index in [0.717, 1.165) is 19.4 Å². The van der Waals surface area contributed by atoms with Gasteiger partial charge in [-0.1, -0.05) is 29.8 Å². The summed E-state index contributed by atoms with van der Waals surface area (Å²) in [6.45, 7) is 1.39. The zero-order valence-electron chi connectivity index (χ0n) is 12.9. The molecule has 1 fully saturated rings. The van der Waals surface area contributed by atoms with Crippen molar-refractivity contribution in [2.45, 2.75) is 25.6 Å². The first-order valence-electron chi connectivity index (χ1n) is 7.79. The van der Waals surface area contributed by atoms with Crippen LogP contribution < -0.4 is 5.69 Å². The van der Waals surface area contributed by atoms with Crippen LogP contribution in [0.4, 0.5) is 0 Å². The van der Waals surface area contributed by atoms with E-state index >= 15 is 0 Å². The van der Waals surface area contributed by atoms with Crippen LogP contribution in [0.25, 0.3) is 5.69 Å². The maximum absolute atomic E-state index is 12.6. The summed E-state index contributed by atoms with van der Waals surface area (Å²) >= 11 is 7.91. The predicted octanol–water partition coefficient (Wildman–Crippen LogP) is 2.94. The third-order valence-electron chi connectivity index (χ3n) is 4.27. The normalized spacial score (nSPS) is 18.3. The second kappa shape index (κ2) is 6.51. The third kappa shape index (κ3) is 2.79. The summed E-state index contributed by atoms with van der Waals surface area (Å²) in [6, 6.07) is 11.7. The van der Waals surface area contributed by atoms with Crippen molar-refractivity contribution >= 4 is 22.9 Å². The van der Waals surface area contributed by atoms with Crippen LogP contribution in [0.5, 0.6) is 0 Å². The van der Waals surface area contributed by atoms with Gasteiger partial charge in [-0.2, -0.15) is 9.36 Å². The Morgan fingerprint density at radius 1 is 1.21 bits per heavy atom. The molecule has 24 heavy (non-hydrogen) atoms. The van der Waals surface area contributed by atoms with Gasteiger partial charge in [-0.25, -0.2) is 4.79 Å². The van der Waals surface area contributed by atoms with Crippen molar-refractivity contribution in [2.75, 3.05) is 6.54 Å². The Morgan fingerprint density at radius 2 is 2.08 bits per heavy atom. The molecule has 1 aromatic carbocycles. The molecule has 8 heteroatoms. The van der Waals surface area contributed by atoms with E-state index in [9.17, 15) is 4.79 Å². The lowest BCUT2D eigenvalue weighted by atomic mass is 10.2. The number of hydrogen-bond acceptors (Lipinski definition) is 5. The maximum atomic E-state index is 12.6. The lowest BCUT2D eigenvalue weighted by Crippen LogP contribution is -2.33. The molecule has 0 aliphatic carbocycles. The Morgan fingerprint density at radius 3 is 2.88 bits per heavy atom. The fourth-order valence-electron chi connectivity index (χ4n) is 3.11. The molecule has 6 nitrogen and oxygen atoms in total. The number of para-hydroxylation sites is 1. The van der Waals surface area contributed by atoms with E-state index in [-0.39, 0.29) is 5.69 Å². The molecule has 4 rings (SSSR count). The molecule has 3 aromatic rings. The highest BCUT2D eigenvalue weighted by molar-refractivity contribution is 7.10. The van der Waals surface area contributed by atoms with E-state index in [2.05, 4.69) is 32.8 Å². The van der Waals surface area contributed by atoms with Gasteiger partial charge in [0.25, 0.3) is 0 Å². The number of thiophene rings is 1. The summed E-state index contributed by atoms with van der Waals surface area (Å²) in [5.41, 5.74) is 0.270. The summed E-state index contributed by atoms with van der Waals surface area (Å²) in [4.78, 5) is 16.2. The Bertz CT molecular complexity index is 888. The van der Waals surface area contributed by atoms with Gasteiger partial charge in [-0.3, -0.25) is 4.90 Å². The van der Waals surface area contributed by atoms with Crippen LogP contribution in [0.3, 0.4) is 0 Å². The number of halogens is 1. The largest absolute Gasteiger partial charge is 0.369 e. The predicted molar refractivity (Wildman–Crippen MR) is 93.6 cm³/mol. The van der Waals surface area contributed by atoms with Gasteiger partial charge in [0.2, 0.25) is 0 Å². The minimum atomic E-state index is -0.278. The molecule has 0 bridgehead atoms. The standard InChI is InChI=1S/C16H16ClN5OS/c17-12-5-1-2-6-13(12)22-16(23)21(18-19-22)11-20-9-3-7-14(20)15-8-4-10-24-15/h1-2,4-6,8,10,14H,3,7,9,11H2/t14-/m1/s1. The minimum absolute atomic E-state index is 0.278. The van der Waals surface area contributed by atoms with Crippen LogP contribution in [0, 0.1) is 0 Å². The lowest BCUT2D eigenvalue weighted by Gasteiger charge is -2.22. The van der Waals surface area contributed by atoms with Gasteiger partial charge in [-0.05, 0) is 46.8 Å². The monoisotopic (exact) mass is 361 g/mol. The molecular formula is C16H16ClN5OS. The van der Waals surface area contributed by atoms with Gasteiger partial charge < -0.3 is 0 Å². The van der Waals surface area contributed by atoms with Crippen LogP contribution in [0.1, 0.15) is 23.8 Å².